The first-order chi connectivity index (χ1) is 15.0. The number of rotatable bonds is 7. The van der Waals surface area contributed by atoms with Gasteiger partial charge in [0.25, 0.3) is 11.1 Å². The van der Waals surface area contributed by atoms with E-state index in [0.29, 0.717) is 20.6 Å². The topological polar surface area (TPSA) is 95.2 Å². The number of para-hydroxylation sites is 2. The number of thioether (sulfide) groups is 2. The number of carbonyl (C=O) groups excluding carboxylic acids is 3. The summed E-state index contributed by atoms with van der Waals surface area (Å²) in [7, 11) is 0. The van der Waals surface area contributed by atoms with E-state index in [9.17, 15) is 14.4 Å². The molecule has 0 bridgehead atoms. The monoisotopic (exact) mass is 472 g/mol. The molecule has 0 aliphatic carbocycles. The maximum atomic E-state index is 12.5. The molecule has 3 aromatic rings. The van der Waals surface area contributed by atoms with E-state index >= 15 is 0 Å². The van der Waals surface area contributed by atoms with Crippen molar-refractivity contribution in [3.05, 3.63) is 64.0 Å². The van der Waals surface area contributed by atoms with Gasteiger partial charge in [-0.15, -0.1) is 0 Å². The lowest BCUT2D eigenvalue weighted by atomic mass is 10.2. The number of nitrogens with zero attached hydrogens (tertiary/aromatic N) is 2. The Bertz CT molecular complexity index is 1160. The molecule has 0 unspecified atom stereocenters. The molecule has 2 heterocycles. The largest absolute Gasteiger partial charge is 0.354 e. The van der Waals surface area contributed by atoms with Crippen LogP contribution in [0.2, 0.25) is 5.02 Å². The Morgan fingerprint density at radius 3 is 2.77 bits per heavy atom. The average molecular weight is 473 g/mol. The van der Waals surface area contributed by atoms with E-state index in [0.717, 1.165) is 27.7 Å². The number of halogens is 1. The number of aromatic amines is 1. The first-order valence-corrected chi connectivity index (χ1v) is 11.5. The molecule has 3 amide bonds. The van der Waals surface area contributed by atoms with Gasteiger partial charge < -0.3 is 10.3 Å². The molecule has 2 aromatic carbocycles. The molecule has 1 aliphatic rings. The van der Waals surface area contributed by atoms with Crippen LogP contribution >= 0.6 is 35.1 Å². The minimum atomic E-state index is -0.388. The number of fused-ring (bicyclic) bond motifs is 1. The van der Waals surface area contributed by atoms with Crippen LogP contribution in [-0.4, -0.2) is 50.8 Å². The summed E-state index contributed by atoms with van der Waals surface area (Å²) in [4.78, 5) is 45.9. The second-order valence-corrected chi connectivity index (χ2v) is 8.92. The number of benzene rings is 2. The Hall–Kier alpha value is -2.75. The molecule has 4 rings (SSSR count). The molecule has 1 saturated heterocycles. The third-order valence-electron chi connectivity index (χ3n) is 4.43. The van der Waals surface area contributed by atoms with Gasteiger partial charge in [-0.25, -0.2) is 4.98 Å². The van der Waals surface area contributed by atoms with Crippen molar-refractivity contribution in [2.45, 2.75) is 5.16 Å². The molecular weight excluding hydrogens is 456 g/mol. The number of aromatic nitrogens is 2. The number of imide groups is 1. The zero-order valence-corrected chi connectivity index (χ0v) is 18.5. The van der Waals surface area contributed by atoms with Gasteiger partial charge in [0.2, 0.25) is 5.91 Å². The van der Waals surface area contributed by atoms with E-state index in [1.807, 2.05) is 24.3 Å². The van der Waals surface area contributed by atoms with Gasteiger partial charge in [-0.05, 0) is 41.6 Å². The maximum Gasteiger partial charge on any atom is 0.293 e. The third kappa shape index (κ3) is 5.12. The number of nitrogens with one attached hydrogen (secondary N) is 2. The lowest BCUT2D eigenvalue weighted by molar-refractivity contribution is -0.123. The summed E-state index contributed by atoms with van der Waals surface area (Å²) < 4.78 is 0. The summed E-state index contributed by atoms with van der Waals surface area (Å²) in [6.45, 7) is 0.280. The fourth-order valence-corrected chi connectivity index (χ4v) is 4.68. The van der Waals surface area contributed by atoms with Crippen LogP contribution in [0.1, 0.15) is 5.56 Å². The Morgan fingerprint density at radius 2 is 1.97 bits per heavy atom. The molecule has 1 fully saturated rings. The van der Waals surface area contributed by atoms with Gasteiger partial charge >= 0.3 is 0 Å². The summed E-state index contributed by atoms with van der Waals surface area (Å²) >= 11 is 8.27. The van der Waals surface area contributed by atoms with Crippen molar-refractivity contribution < 1.29 is 14.4 Å². The summed E-state index contributed by atoms with van der Waals surface area (Å²) in [6.07, 6.45) is 1.61. The number of carbonyl (C=O) groups is 3. The van der Waals surface area contributed by atoms with Crippen molar-refractivity contribution in [2.24, 2.45) is 0 Å². The average Bonchev–Trinajstić information content (AvgIpc) is 3.29. The molecule has 31 heavy (non-hydrogen) atoms. The lowest BCUT2D eigenvalue weighted by Gasteiger charge is -2.12. The van der Waals surface area contributed by atoms with Crippen LogP contribution in [0.5, 0.6) is 0 Å². The number of hydrogen-bond acceptors (Lipinski definition) is 6. The maximum absolute atomic E-state index is 12.5. The minimum Gasteiger partial charge on any atom is -0.354 e. The zero-order valence-electron chi connectivity index (χ0n) is 16.1. The first kappa shape index (κ1) is 21.5. The zero-order chi connectivity index (χ0) is 21.8. The Balaban J connectivity index is 1.27. The fourth-order valence-electron chi connectivity index (χ4n) is 2.92. The molecule has 0 saturated carbocycles. The van der Waals surface area contributed by atoms with Crippen molar-refractivity contribution in [3.8, 4) is 0 Å². The quantitative estimate of drug-likeness (QED) is 0.396. The molecule has 7 nitrogen and oxygen atoms in total. The standard InChI is InChI=1S/C21H17ClN4O3S2/c22-14-6-2-1-5-13(14)11-17-19(28)26(21(29)31-17)10-9-23-18(27)12-30-20-24-15-7-3-4-8-16(15)25-20/h1-8,11H,9-10,12H2,(H,23,27)(H,24,25)/b17-11-. The highest BCUT2D eigenvalue weighted by Gasteiger charge is 2.34. The van der Waals surface area contributed by atoms with E-state index in [1.54, 1.807) is 30.3 Å². The van der Waals surface area contributed by atoms with Gasteiger partial charge in [-0.1, -0.05) is 53.7 Å². The molecule has 158 valence electrons. The Morgan fingerprint density at radius 1 is 1.19 bits per heavy atom. The summed E-state index contributed by atoms with van der Waals surface area (Å²) in [6, 6.07) is 14.7. The number of H-pyrrole nitrogens is 1. The first-order valence-electron chi connectivity index (χ1n) is 9.35. The van der Waals surface area contributed by atoms with E-state index in [2.05, 4.69) is 15.3 Å². The highest BCUT2D eigenvalue weighted by atomic mass is 35.5. The van der Waals surface area contributed by atoms with Gasteiger partial charge in [0.1, 0.15) is 0 Å². The summed E-state index contributed by atoms with van der Waals surface area (Å²) in [5.41, 5.74) is 2.43. The van der Waals surface area contributed by atoms with E-state index in [-0.39, 0.29) is 35.9 Å². The fraction of sp³-hybridized carbons (Fsp3) is 0.143. The number of imidazole rings is 1. The van der Waals surface area contributed by atoms with Crippen LogP contribution in [-0.2, 0) is 9.59 Å². The predicted molar refractivity (Wildman–Crippen MR) is 124 cm³/mol. The van der Waals surface area contributed by atoms with Crippen LogP contribution in [0.3, 0.4) is 0 Å². The van der Waals surface area contributed by atoms with Gasteiger partial charge in [0, 0.05) is 18.1 Å². The molecule has 0 radical (unpaired) electrons. The molecule has 0 atom stereocenters. The van der Waals surface area contributed by atoms with Crippen molar-refractivity contribution in [3.63, 3.8) is 0 Å². The van der Waals surface area contributed by atoms with E-state index in [1.165, 1.54) is 11.8 Å². The molecule has 10 heteroatoms. The second kappa shape index (κ2) is 9.59. The van der Waals surface area contributed by atoms with Crippen molar-refractivity contribution in [1.82, 2.24) is 20.2 Å². The second-order valence-electron chi connectivity index (χ2n) is 6.55. The lowest BCUT2D eigenvalue weighted by Crippen LogP contribution is -2.37. The van der Waals surface area contributed by atoms with E-state index < -0.39 is 0 Å². The molecule has 0 spiro atoms. The minimum absolute atomic E-state index is 0.103. The van der Waals surface area contributed by atoms with Crippen molar-refractivity contribution in [2.75, 3.05) is 18.8 Å². The smallest absolute Gasteiger partial charge is 0.293 e. The molecule has 2 N–H and O–H groups in total. The van der Waals surface area contributed by atoms with Crippen LogP contribution in [0.25, 0.3) is 17.1 Å². The van der Waals surface area contributed by atoms with Gasteiger partial charge in [-0.2, -0.15) is 0 Å². The normalized spacial score (nSPS) is 15.3. The van der Waals surface area contributed by atoms with Crippen LogP contribution in [0.15, 0.2) is 58.6 Å². The van der Waals surface area contributed by atoms with Crippen LogP contribution < -0.4 is 5.32 Å². The van der Waals surface area contributed by atoms with Crippen molar-refractivity contribution >= 4 is 69.3 Å². The Labute approximate surface area is 191 Å². The van der Waals surface area contributed by atoms with Crippen LogP contribution in [0, 0.1) is 0 Å². The van der Waals surface area contributed by atoms with Gasteiger partial charge in [0.15, 0.2) is 5.16 Å². The third-order valence-corrected chi connectivity index (χ3v) is 6.56. The van der Waals surface area contributed by atoms with Gasteiger partial charge in [0.05, 0.1) is 21.7 Å². The number of hydrogen-bond donors (Lipinski definition) is 2. The predicted octanol–water partition coefficient (Wildman–Crippen LogP) is 4.16. The summed E-state index contributed by atoms with van der Waals surface area (Å²) in [5, 5.41) is 3.53. The van der Waals surface area contributed by atoms with Gasteiger partial charge in [-0.3, -0.25) is 19.3 Å². The molecular formula is C21H17ClN4O3S2. The highest BCUT2D eigenvalue weighted by Crippen LogP contribution is 2.33. The highest BCUT2D eigenvalue weighted by molar-refractivity contribution is 8.18. The molecule has 1 aromatic heterocycles. The molecule has 1 aliphatic heterocycles. The van der Waals surface area contributed by atoms with Crippen molar-refractivity contribution in [1.29, 1.82) is 0 Å². The van der Waals surface area contributed by atoms with E-state index in [4.69, 9.17) is 11.6 Å². The summed E-state index contributed by atoms with van der Waals surface area (Å²) in [5.74, 6) is -0.418. The van der Waals surface area contributed by atoms with Crippen LogP contribution in [0.4, 0.5) is 4.79 Å². The SMILES string of the molecule is O=C(CSc1nc2ccccc2[nH]1)NCCN1C(=O)S/C(=C\c2ccccc2Cl)C1=O. The Kier molecular flexibility index (Phi) is 6.64. The number of amides is 3.